The number of anilines is 1. The minimum absolute atomic E-state index is 0.0921. The lowest BCUT2D eigenvalue weighted by molar-refractivity contribution is -0.158. The lowest BCUT2D eigenvalue weighted by Gasteiger charge is -2.46. The molecule has 2 aliphatic rings. The molecule has 2 saturated heterocycles. The molecule has 0 bridgehead atoms. The van der Waals surface area contributed by atoms with Crippen molar-refractivity contribution in [1.82, 2.24) is 30.1 Å². The summed E-state index contributed by atoms with van der Waals surface area (Å²) in [5.74, 6) is -0.839. The lowest BCUT2D eigenvalue weighted by atomic mass is 10.00. The number of hydrogen-bond acceptors (Lipinski definition) is 7. The van der Waals surface area contributed by atoms with E-state index in [2.05, 4.69) is 16.9 Å². The third-order valence-electron chi connectivity index (χ3n) is 7.66. The predicted molar refractivity (Wildman–Crippen MR) is 162 cm³/mol. The fourth-order valence-corrected chi connectivity index (χ4v) is 6.48. The summed E-state index contributed by atoms with van der Waals surface area (Å²) in [6.45, 7) is 4.45. The van der Waals surface area contributed by atoms with Crippen molar-refractivity contribution in [3.05, 3.63) is 108 Å². The van der Waals surface area contributed by atoms with Gasteiger partial charge in [0.05, 0.1) is 29.9 Å². The lowest BCUT2D eigenvalue weighted by Crippen LogP contribution is -2.62. The second kappa shape index (κ2) is 11.8. The molecule has 0 spiro atoms. The van der Waals surface area contributed by atoms with Crippen molar-refractivity contribution in [2.45, 2.75) is 25.3 Å². The van der Waals surface area contributed by atoms with Crippen LogP contribution in [0.2, 0.25) is 0 Å². The van der Waals surface area contributed by atoms with E-state index in [0.29, 0.717) is 10.7 Å². The highest BCUT2D eigenvalue weighted by molar-refractivity contribution is 7.22. The molecule has 6 rings (SSSR count). The second-order valence-electron chi connectivity index (χ2n) is 10.4. The summed E-state index contributed by atoms with van der Waals surface area (Å²) in [6, 6.07) is 19.5. The molecule has 220 valence electrons. The van der Waals surface area contributed by atoms with Crippen LogP contribution in [0.1, 0.15) is 22.7 Å². The molecular weight excluding hydrogens is 569 g/mol. The summed E-state index contributed by atoms with van der Waals surface area (Å²) in [5, 5.41) is 6.44. The Labute approximate surface area is 251 Å². The highest BCUT2D eigenvalue weighted by Gasteiger charge is 2.52. The molecule has 2 aliphatic heterocycles. The zero-order valence-electron chi connectivity index (χ0n) is 23.2. The molecule has 3 aromatic carbocycles. The number of nitrogens with zero attached hydrogens (tertiary/aromatic N) is 5. The summed E-state index contributed by atoms with van der Waals surface area (Å²) in [6.07, 6.45) is 0.963. The van der Waals surface area contributed by atoms with Gasteiger partial charge in [0.25, 0.3) is 5.91 Å². The Balaban J connectivity index is 1.32. The van der Waals surface area contributed by atoms with E-state index in [1.165, 1.54) is 28.5 Å². The first-order valence-electron chi connectivity index (χ1n) is 13.8. The molecule has 12 heteroatoms. The number of hydrazine groups is 1. The van der Waals surface area contributed by atoms with Gasteiger partial charge < -0.3 is 20.9 Å². The third-order valence-corrected chi connectivity index (χ3v) is 8.51. The molecule has 0 saturated carbocycles. The Morgan fingerprint density at radius 3 is 2.63 bits per heavy atom. The molecule has 10 nitrogen and oxygen atoms in total. The van der Waals surface area contributed by atoms with Gasteiger partial charge in [0, 0.05) is 13.1 Å². The number of thiazole rings is 1. The Morgan fingerprint density at radius 1 is 1.12 bits per heavy atom. The van der Waals surface area contributed by atoms with Crippen LogP contribution in [0.3, 0.4) is 0 Å². The fourth-order valence-electron chi connectivity index (χ4n) is 5.69. The smallest absolute Gasteiger partial charge is 0.332 e. The molecule has 2 atom stereocenters. The van der Waals surface area contributed by atoms with E-state index >= 15 is 0 Å². The first kappa shape index (κ1) is 28.3. The first-order chi connectivity index (χ1) is 20.8. The number of piperazine rings is 1. The molecule has 1 aromatic heterocycles. The maximum absolute atomic E-state index is 14.1. The van der Waals surface area contributed by atoms with Crippen molar-refractivity contribution >= 4 is 44.5 Å². The van der Waals surface area contributed by atoms with Gasteiger partial charge in [-0.1, -0.05) is 72.0 Å². The number of fused-ring (bicyclic) bond motifs is 2. The van der Waals surface area contributed by atoms with Crippen LogP contribution < -0.4 is 11.1 Å². The number of nitrogens with two attached hydrogens (primary N) is 1. The molecule has 0 radical (unpaired) electrons. The van der Waals surface area contributed by atoms with Gasteiger partial charge in [-0.25, -0.2) is 14.2 Å². The van der Waals surface area contributed by atoms with Gasteiger partial charge in [0.15, 0.2) is 5.13 Å². The number of nitrogen functional groups attached to an aromatic ring is 1. The van der Waals surface area contributed by atoms with E-state index in [1.54, 1.807) is 33.0 Å². The summed E-state index contributed by atoms with van der Waals surface area (Å²) in [7, 11) is 0. The van der Waals surface area contributed by atoms with E-state index in [4.69, 9.17) is 5.73 Å². The standard InChI is InChI=1S/C31H30FN7O3S/c1-2-15-37(31(42)34-16-20-11-13-23(32)14-12-20)38-19-26(40)39-25(38)18-36(29(41)28(39)21-7-4-3-5-8-21)17-22-9-6-10-24-27(22)35-30(33)43-24/h2-14,25,28H,1,15-19H2,(H2,33,35)(H,34,42)/t25-,28+/m1/s1. The maximum atomic E-state index is 14.1. The van der Waals surface area contributed by atoms with Crippen molar-refractivity contribution in [2.24, 2.45) is 0 Å². The number of hydrogen-bond donors (Lipinski definition) is 2. The Hall–Kier alpha value is -4.81. The highest BCUT2D eigenvalue weighted by Crippen LogP contribution is 2.37. The average molecular weight is 600 g/mol. The van der Waals surface area contributed by atoms with Crippen molar-refractivity contribution in [3.63, 3.8) is 0 Å². The minimum atomic E-state index is -0.870. The third kappa shape index (κ3) is 5.54. The Bertz CT molecular complexity index is 1680. The van der Waals surface area contributed by atoms with E-state index in [1.807, 2.05) is 48.5 Å². The van der Waals surface area contributed by atoms with Crippen LogP contribution in [0.25, 0.3) is 10.2 Å². The van der Waals surface area contributed by atoms with Gasteiger partial charge in [0.1, 0.15) is 18.0 Å². The van der Waals surface area contributed by atoms with E-state index in [-0.39, 0.29) is 50.4 Å². The van der Waals surface area contributed by atoms with Crippen molar-refractivity contribution in [1.29, 1.82) is 0 Å². The predicted octanol–water partition coefficient (Wildman–Crippen LogP) is 3.88. The molecule has 43 heavy (non-hydrogen) atoms. The maximum Gasteiger partial charge on any atom is 0.332 e. The minimum Gasteiger partial charge on any atom is -0.375 e. The van der Waals surface area contributed by atoms with E-state index in [0.717, 1.165) is 21.3 Å². The number of nitrogens with one attached hydrogen (secondary N) is 1. The number of rotatable bonds is 8. The van der Waals surface area contributed by atoms with Gasteiger partial charge >= 0.3 is 6.03 Å². The number of benzene rings is 3. The average Bonchev–Trinajstić information content (AvgIpc) is 3.55. The molecule has 0 unspecified atom stereocenters. The number of carbonyl (C=O) groups excluding carboxylic acids is 3. The van der Waals surface area contributed by atoms with Crippen molar-refractivity contribution in [3.8, 4) is 0 Å². The van der Waals surface area contributed by atoms with Crippen LogP contribution in [0.4, 0.5) is 14.3 Å². The number of carbonyl (C=O) groups is 3. The molecule has 3 heterocycles. The van der Waals surface area contributed by atoms with Crippen LogP contribution in [0.5, 0.6) is 0 Å². The van der Waals surface area contributed by atoms with Crippen LogP contribution in [-0.4, -0.2) is 68.4 Å². The zero-order valence-corrected chi connectivity index (χ0v) is 24.0. The van der Waals surface area contributed by atoms with Gasteiger partial charge in [-0.3, -0.25) is 14.6 Å². The molecule has 3 N–H and O–H groups in total. The Kier molecular flexibility index (Phi) is 7.78. The van der Waals surface area contributed by atoms with Crippen LogP contribution in [0.15, 0.2) is 85.5 Å². The number of aromatic nitrogens is 1. The van der Waals surface area contributed by atoms with E-state index < -0.39 is 18.2 Å². The van der Waals surface area contributed by atoms with Crippen LogP contribution >= 0.6 is 11.3 Å². The second-order valence-corrected chi connectivity index (χ2v) is 11.4. The SMILES string of the molecule is C=CCN(C(=O)NCc1ccc(F)cc1)N1CC(=O)N2[C@@H](c3ccccc3)C(=O)N(Cc3cccc4sc(N)nc34)C[C@@H]21. The monoisotopic (exact) mass is 599 g/mol. The summed E-state index contributed by atoms with van der Waals surface area (Å²) < 4.78 is 14.3. The fraction of sp³-hybridized carbons (Fsp3) is 0.226. The summed E-state index contributed by atoms with van der Waals surface area (Å²) >= 11 is 1.38. The zero-order chi connectivity index (χ0) is 30.1. The van der Waals surface area contributed by atoms with Crippen LogP contribution in [0, 0.1) is 5.82 Å². The van der Waals surface area contributed by atoms with Crippen molar-refractivity contribution in [2.75, 3.05) is 25.4 Å². The molecule has 4 amide bonds. The first-order valence-corrected chi connectivity index (χ1v) is 14.6. The van der Waals surface area contributed by atoms with Gasteiger partial charge in [-0.2, -0.15) is 5.01 Å². The molecule has 2 fully saturated rings. The van der Waals surface area contributed by atoms with Gasteiger partial charge in [-0.15, -0.1) is 6.58 Å². The molecule has 4 aromatic rings. The number of para-hydroxylation sites is 1. The largest absolute Gasteiger partial charge is 0.375 e. The van der Waals surface area contributed by atoms with Gasteiger partial charge in [-0.05, 0) is 34.9 Å². The van der Waals surface area contributed by atoms with Crippen LogP contribution in [-0.2, 0) is 22.7 Å². The Morgan fingerprint density at radius 2 is 1.88 bits per heavy atom. The summed E-state index contributed by atoms with van der Waals surface area (Å²) in [5.41, 5.74) is 8.98. The normalized spacial score (nSPS) is 18.6. The number of urea groups is 1. The topological polar surface area (TPSA) is 115 Å². The highest BCUT2D eigenvalue weighted by atomic mass is 32.1. The van der Waals surface area contributed by atoms with Crippen molar-refractivity contribution < 1.29 is 18.8 Å². The summed E-state index contributed by atoms with van der Waals surface area (Å²) in [4.78, 5) is 49.0. The van der Waals surface area contributed by atoms with E-state index in [9.17, 15) is 18.8 Å². The molecular formula is C31H30FN7O3S. The molecule has 0 aliphatic carbocycles. The van der Waals surface area contributed by atoms with Gasteiger partial charge in [0.2, 0.25) is 5.91 Å². The number of amides is 4. The number of halogens is 1. The quantitative estimate of drug-likeness (QED) is 0.297.